The zero-order valence-electron chi connectivity index (χ0n) is 29.8. The molecule has 1 unspecified atom stereocenters. The first-order valence-electron chi connectivity index (χ1n) is 15.9. The molecule has 0 saturated heterocycles. The summed E-state index contributed by atoms with van der Waals surface area (Å²) < 4.78 is 36.1. The average Bonchev–Trinajstić information content (AvgIpc) is 3.80. The minimum atomic E-state index is -1.50. The quantitative estimate of drug-likeness (QED) is 0.202. The van der Waals surface area contributed by atoms with Crippen molar-refractivity contribution < 1.29 is 37.4 Å². The number of rotatable bonds is 7. The van der Waals surface area contributed by atoms with Gasteiger partial charge in [0.2, 0.25) is 22.9 Å². The molecule has 2 heterocycles. The number of carbonyl (C=O) groups is 2. The maximum atomic E-state index is 12.6. The number of allylic oxidation sites excluding steroid dienone is 6. The number of ketones is 1. The molecule has 1 atom stereocenters. The minimum absolute atomic E-state index is 0. The maximum Gasteiger partial charge on any atom is 0.309 e. The van der Waals surface area contributed by atoms with Gasteiger partial charge in [-0.3, -0.25) is 19.2 Å². The van der Waals surface area contributed by atoms with Crippen LogP contribution in [-0.2, 0) is 36.3 Å². The molecule has 2 aliphatic carbocycles. The van der Waals surface area contributed by atoms with Gasteiger partial charge in [0, 0.05) is 5.92 Å². The van der Waals surface area contributed by atoms with Crippen LogP contribution in [-0.4, -0.2) is 43.8 Å². The van der Waals surface area contributed by atoms with E-state index in [1.54, 1.807) is 19.9 Å². The predicted octanol–water partition coefficient (Wildman–Crippen LogP) is 5.64. The minimum Gasteiger partial charge on any atom is -0.504 e. The summed E-state index contributed by atoms with van der Waals surface area (Å²) in [5, 5.41) is 21.8. The number of aromatic hydroxyl groups is 1. The van der Waals surface area contributed by atoms with Crippen LogP contribution in [0.25, 0.3) is 0 Å². The van der Waals surface area contributed by atoms with Crippen LogP contribution in [0.2, 0.25) is 0 Å². The van der Waals surface area contributed by atoms with Crippen LogP contribution in [0.15, 0.2) is 66.3 Å². The SMILES string of the molecule is C.C=C1C(=O)C(OC(C)C)=C1O.CC(C)C1=C(F)C=CC1.CC(C)C1=NNC(=O)C1.CC(C)C1=NS(=O)ON1.CC(C)Cc1c(O)c(=O)c1=O. The molecular formula is C35H53FN4O9S. The van der Waals surface area contributed by atoms with Crippen LogP contribution in [0, 0.1) is 23.7 Å². The molecule has 50 heavy (non-hydrogen) atoms. The first-order chi connectivity index (χ1) is 22.7. The van der Waals surface area contributed by atoms with E-state index in [0.29, 0.717) is 42.0 Å². The fourth-order valence-electron chi connectivity index (χ4n) is 3.93. The molecule has 15 heteroatoms. The highest BCUT2D eigenvalue weighted by Crippen LogP contribution is 2.28. The van der Waals surface area contributed by atoms with E-state index < -0.39 is 22.1 Å². The number of halogens is 1. The van der Waals surface area contributed by atoms with Crippen molar-refractivity contribution in [3.05, 3.63) is 73.2 Å². The van der Waals surface area contributed by atoms with Crippen LogP contribution in [0.4, 0.5) is 4.39 Å². The molecule has 0 spiro atoms. The van der Waals surface area contributed by atoms with Crippen molar-refractivity contribution in [1.82, 2.24) is 10.9 Å². The number of Topliss-reactive ketones (excluding diaryl/α,β-unsaturated/α-hetero) is 1. The van der Waals surface area contributed by atoms with Crippen LogP contribution >= 0.6 is 0 Å². The Kier molecular flexibility index (Phi) is 19.3. The molecule has 0 radical (unpaired) electrons. The molecule has 4 N–H and O–H groups in total. The van der Waals surface area contributed by atoms with Gasteiger partial charge in [0.25, 0.3) is 5.43 Å². The van der Waals surface area contributed by atoms with Gasteiger partial charge < -0.3 is 14.9 Å². The molecule has 1 aromatic carbocycles. The summed E-state index contributed by atoms with van der Waals surface area (Å²) in [6.45, 7) is 22.7. The van der Waals surface area contributed by atoms with E-state index in [9.17, 15) is 27.8 Å². The number of ether oxygens (including phenoxy) is 1. The van der Waals surface area contributed by atoms with E-state index in [4.69, 9.17) is 14.9 Å². The fraction of sp³-hybridized carbons (Fsp3) is 0.543. The molecule has 4 aliphatic rings. The highest BCUT2D eigenvalue weighted by molar-refractivity contribution is 7.79. The number of hydrogen-bond acceptors (Lipinski definition) is 11. The van der Waals surface area contributed by atoms with Crippen molar-refractivity contribution in [1.29, 1.82) is 0 Å². The lowest BCUT2D eigenvalue weighted by atomic mass is 9.98. The number of aliphatic hydroxyl groups excluding tert-OH is 1. The summed E-state index contributed by atoms with van der Waals surface area (Å²) in [6.07, 6.45) is 5.11. The number of amides is 1. The predicted molar refractivity (Wildman–Crippen MR) is 195 cm³/mol. The molecule has 0 saturated carbocycles. The van der Waals surface area contributed by atoms with Gasteiger partial charge >= 0.3 is 11.3 Å². The Morgan fingerprint density at radius 3 is 1.86 bits per heavy atom. The van der Waals surface area contributed by atoms with Gasteiger partial charge in [0.15, 0.2) is 11.5 Å². The van der Waals surface area contributed by atoms with Crippen LogP contribution in [0.3, 0.4) is 0 Å². The Balaban J connectivity index is 0.000000599. The molecule has 2 aliphatic heterocycles. The van der Waals surface area contributed by atoms with E-state index in [2.05, 4.69) is 31.3 Å². The second-order valence-corrected chi connectivity index (χ2v) is 13.7. The highest BCUT2D eigenvalue weighted by Gasteiger charge is 2.34. The molecular weight excluding hydrogens is 671 g/mol. The van der Waals surface area contributed by atoms with E-state index in [1.807, 2.05) is 61.5 Å². The Morgan fingerprint density at radius 1 is 0.980 bits per heavy atom. The van der Waals surface area contributed by atoms with Gasteiger partial charge in [-0.25, -0.2) is 19.5 Å². The number of hydrogen-bond donors (Lipinski definition) is 4. The monoisotopic (exact) mass is 724 g/mol. The summed E-state index contributed by atoms with van der Waals surface area (Å²) in [4.78, 5) is 42.6. The molecule has 280 valence electrons. The lowest BCUT2D eigenvalue weighted by Gasteiger charge is -2.21. The summed E-state index contributed by atoms with van der Waals surface area (Å²) in [5.74, 6) is 1.25. The Bertz CT molecular complexity index is 1630. The normalized spacial score (nSPS) is 17.5. The first-order valence-corrected chi connectivity index (χ1v) is 16.9. The number of nitrogens with zero attached hydrogens (tertiary/aromatic N) is 2. The lowest BCUT2D eigenvalue weighted by molar-refractivity contribution is -0.119. The number of carbonyl (C=O) groups excluding carboxylic acids is 2. The zero-order valence-corrected chi connectivity index (χ0v) is 30.6. The number of hydrazone groups is 1. The van der Waals surface area contributed by atoms with Crippen LogP contribution in [0.5, 0.6) is 5.75 Å². The Hall–Kier alpha value is -4.24. The van der Waals surface area contributed by atoms with Gasteiger partial charge in [0.05, 0.1) is 29.4 Å². The molecule has 5 rings (SSSR count). The standard InChI is InChI=1S/C8H11F.2C8H10O3.C6H10N2O.C4H8N2O2S.CH4/c1-6(2)7-4-3-5-8(7)9;1-4(2)11-8-6(9)5(3)7(8)10;1-4(2)3-5-6(9)8(11)7(5)10;1-4(2)5-3-6(9)8-7-5;1-3(2)4-5-8-9(7)6-4;/h3,5-6H,4H2,1-2H3;2*4,9H,3H2,1-2H3;4H,3H2,1-2H3,(H,8,9);3H,1-2H3,(H,5,6);1H4. The topological polar surface area (TPSA) is 193 Å². The van der Waals surface area contributed by atoms with E-state index in [1.165, 1.54) is 0 Å². The van der Waals surface area contributed by atoms with Gasteiger partial charge in [-0.15, -0.1) is 4.40 Å². The van der Waals surface area contributed by atoms with Gasteiger partial charge in [-0.1, -0.05) is 75.5 Å². The third-order valence-electron chi connectivity index (χ3n) is 6.80. The lowest BCUT2D eigenvalue weighted by Crippen LogP contribution is -2.35. The third kappa shape index (κ3) is 13.9. The summed E-state index contributed by atoms with van der Waals surface area (Å²) >= 11 is -1.50. The average molecular weight is 725 g/mol. The number of aliphatic hydroxyl groups is 1. The number of nitrogens with one attached hydrogen (secondary N) is 2. The van der Waals surface area contributed by atoms with Crippen molar-refractivity contribution in [3.63, 3.8) is 0 Å². The fourth-order valence-corrected chi connectivity index (χ4v) is 4.53. The van der Waals surface area contributed by atoms with Crippen LogP contribution < -0.4 is 21.8 Å². The third-order valence-corrected chi connectivity index (χ3v) is 7.38. The largest absolute Gasteiger partial charge is 0.504 e. The van der Waals surface area contributed by atoms with Crippen molar-refractivity contribution in [3.8, 4) is 5.75 Å². The second kappa shape index (κ2) is 21.1. The summed E-state index contributed by atoms with van der Waals surface area (Å²) in [5.41, 5.74) is 5.94. The van der Waals surface area contributed by atoms with Gasteiger partial charge in [-0.05, 0) is 56.1 Å². The molecule has 0 fully saturated rings. The van der Waals surface area contributed by atoms with Crippen LogP contribution in [0.1, 0.15) is 95.1 Å². The molecule has 1 aromatic rings. The number of hydroxylamine groups is 1. The van der Waals surface area contributed by atoms with Gasteiger partial charge in [-0.2, -0.15) is 9.39 Å². The van der Waals surface area contributed by atoms with Gasteiger partial charge in [0.1, 0.15) is 11.7 Å². The zero-order chi connectivity index (χ0) is 37.7. The van der Waals surface area contributed by atoms with E-state index >= 15 is 0 Å². The Labute approximate surface area is 296 Å². The highest BCUT2D eigenvalue weighted by atomic mass is 32.2. The van der Waals surface area contributed by atoms with Crippen molar-refractivity contribution in [2.75, 3.05) is 0 Å². The molecule has 13 nitrogen and oxygen atoms in total. The van der Waals surface area contributed by atoms with Crippen molar-refractivity contribution in [2.24, 2.45) is 33.2 Å². The number of amidine groups is 1. The van der Waals surface area contributed by atoms with E-state index in [0.717, 1.165) is 17.7 Å². The smallest absolute Gasteiger partial charge is 0.309 e. The van der Waals surface area contributed by atoms with Crippen molar-refractivity contribution in [2.45, 2.75) is 102 Å². The summed E-state index contributed by atoms with van der Waals surface area (Å²) in [7, 11) is 0. The molecule has 0 aromatic heterocycles. The Morgan fingerprint density at radius 2 is 1.58 bits per heavy atom. The molecule has 1 amide bonds. The molecule has 0 bridgehead atoms. The maximum absolute atomic E-state index is 12.6. The van der Waals surface area contributed by atoms with E-state index in [-0.39, 0.29) is 59.8 Å². The second-order valence-electron chi connectivity index (χ2n) is 12.9. The summed E-state index contributed by atoms with van der Waals surface area (Å²) in [6, 6.07) is 0. The van der Waals surface area contributed by atoms with Crippen molar-refractivity contribution >= 4 is 34.5 Å². The first kappa shape index (κ1) is 45.8.